The lowest BCUT2D eigenvalue weighted by Gasteiger charge is -2.11. The summed E-state index contributed by atoms with van der Waals surface area (Å²) in [5, 5.41) is 9.21. The number of benzene rings is 1. The molecule has 0 aliphatic heterocycles. The van der Waals surface area contributed by atoms with E-state index in [0.29, 0.717) is 6.42 Å². The van der Waals surface area contributed by atoms with Gasteiger partial charge in [0.05, 0.1) is 13.2 Å². The van der Waals surface area contributed by atoms with Crippen LogP contribution < -0.4 is 0 Å². The highest BCUT2D eigenvalue weighted by atomic mass is 16.5. The van der Waals surface area contributed by atoms with Crippen molar-refractivity contribution in [2.75, 3.05) is 13.2 Å². The normalized spacial score (nSPS) is 13.2. The zero-order valence-electron chi connectivity index (χ0n) is 10.8. The average Bonchev–Trinajstić information content (AvgIpc) is 2.41. The Labute approximate surface area is 107 Å². The Balaban J connectivity index is 2.92. The summed E-state index contributed by atoms with van der Waals surface area (Å²) in [6.07, 6.45) is 0.694. The Bertz CT molecular complexity index is 401. The predicted octanol–water partition coefficient (Wildman–Crippen LogP) is 1.81. The van der Waals surface area contributed by atoms with E-state index in [1.807, 2.05) is 37.3 Å². The lowest BCUT2D eigenvalue weighted by atomic mass is 10.1. The van der Waals surface area contributed by atoms with Gasteiger partial charge in [-0.05, 0) is 18.9 Å². The topological polar surface area (TPSA) is 58.9 Å². The van der Waals surface area contributed by atoms with Crippen molar-refractivity contribution >= 4 is 11.7 Å². The average molecular weight is 249 g/mol. The number of hydrogen-bond acceptors (Lipinski definition) is 4. The molecule has 0 aliphatic rings. The largest absolute Gasteiger partial charge is 0.464 e. The molecule has 0 spiro atoms. The fourth-order valence-corrected chi connectivity index (χ4v) is 1.60. The maximum Gasteiger partial charge on any atom is 0.333 e. The number of aliphatic hydroxyl groups is 1. The molecule has 0 bridgehead atoms. The van der Waals surface area contributed by atoms with Crippen molar-refractivity contribution in [3.8, 4) is 0 Å². The van der Waals surface area contributed by atoms with E-state index in [9.17, 15) is 9.90 Å². The van der Waals surface area contributed by atoms with Crippen LogP contribution in [0.15, 0.2) is 35.3 Å². The quantitative estimate of drug-likeness (QED) is 0.618. The second-order valence-corrected chi connectivity index (χ2v) is 3.75. The summed E-state index contributed by atoms with van der Waals surface area (Å²) in [4.78, 5) is 15.9. The molecule has 1 aromatic carbocycles. The number of hydrogen-bond donors (Lipinski definition) is 1. The van der Waals surface area contributed by atoms with E-state index in [0.717, 1.165) is 11.3 Å². The van der Waals surface area contributed by atoms with Crippen LogP contribution in [0.4, 0.5) is 0 Å². The third-order valence-corrected chi connectivity index (χ3v) is 2.49. The summed E-state index contributed by atoms with van der Waals surface area (Å²) in [5.41, 5.74) is 1.76. The smallest absolute Gasteiger partial charge is 0.333 e. The Morgan fingerprint density at radius 3 is 2.50 bits per heavy atom. The second-order valence-electron chi connectivity index (χ2n) is 3.75. The first-order chi connectivity index (χ1) is 8.72. The molecule has 18 heavy (non-hydrogen) atoms. The standard InChI is InChI=1S/C14H19NO3/c1-3-12(11-8-6-5-7-9-11)15-13(10-16)14(17)18-4-2/h5-9,13,16H,3-4,10H2,1-2H3. The SMILES string of the molecule is CCOC(=O)C(CO)N=C(CC)c1ccccc1. The Morgan fingerprint density at radius 1 is 1.33 bits per heavy atom. The fraction of sp³-hybridized carbons (Fsp3) is 0.429. The summed E-state index contributed by atoms with van der Waals surface area (Å²) in [6, 6.07) is 8.78. The van der Waals surface area contributed by atoms with Gasteiger partial charge in [-0.15, -0.1) is 0 Å². The van der Waals surface area contributed by atoms with Crippen LogP contribution in [0, 0.1) is 0 Å². The van der Waals surface area contributed by atoms with Crippen LogP contribution in [-0.2, 0) is 9.53 Å². The first-order valence-electron chi connectivity index (χ1n) is 6.12. The van der Waals surface area contributed by atoms with Gasteiger partial charge in [-0.3, -0.25) is 4.99 Å². The van der Waals surface area contributed by atoms with Gasteiger partial charge < -0.3 is 9.84 Å². The molecule has 1 unspecified atom stereocenters. The van der Waals surface area contributed by atoms with Crippen molar-refractivity contribution in [1.82, 2.24) is 0 Å². The number of esters is 1. The van der Waals surface area contributed by atoms with Crippen LogP contribution in [0.5, 0.6) is 0 Å². The van der Waals surface area contributed by atoms with Crippen LogP contribution >= 0.6 is 0 Å². The Kier molecular flexibility index (Phi) is 6.08. The molecule has 98 valence electrons. The Hall–Kier alpha value is -1.68. The van der Waals surface area contributed by atoms with Crippen LogP contribution in [0.1, 0.15) is 25.8 Å². The molecule has 4 heteroatoms. The molecule has 0 saturated heterocycles. The van der Waals surface area contributed by atoms with E-state index in [1.165, 1.54) is 0 Å². The van der Waals surface area contributed by atoms with E-state index < -0.39 is 12.0 Å². The van der Waals surface area contributed by atoms with Crippen LogP contribution in [-0.4, -0.2) is 36.0 Å². The molecule has 0 radical (unpaired) electrons. The van der Waals surface area contributed by atoms with Crippen LogP contribution in [0.3, 0.4) is 0 Å². The first-order valence-corrected chi connectivity index (χ1v) is 6.12. The van der Waals surface area contributed by atoms with Gasteiger partial charge in [-0.1, -0.05) is 37.3 Å². The number of carbonyl (C=O) groups excluding carboxylic acids is 1. The summed E-state index contributed by atoms with van der Waals surface area (Å²) in [6.45, 7) is 3.65. The molecule has 1 rings (SSSR count). The van der Waals surface area contributed by atoms with Gasteiger partial charge in [0, 0.05) is 5.71 Å². The van der Waals surface area contributed by atoms with Crippen molar-refractivity contribution in [3.63, 3.8) is 0 Å². The lowest BCUT2D eigenvalue weighted by molar-refractivity contribution is -0.145. The van der Waals surface area contributed by atoms with Gasteiger partial charge in [0.1, 0.15) is 0 Å². The summed E-state index contributed by atoms with van der Waals surface area (Å²) < 4.78 is 4.87. The van der Waals surface area contributed by atoms with Gasteiger partial charge in [-0.2, -0.15) is 0 Å². The fourth-order valence-electron chi connectivity index (χ4n) is 1.60. The number of nitrogens with zero attached hydrogens (tertiary/aromatic N) is 1. The molecule has 0 aromatic heterocycles. The van der Waals surface area contributed by atoms with E-state index in [-0.39, 0.29) is 13.2 Å². The van der Waals surface area contributed by atoms with E-state index >= 15 is 0 Å². The number of carbonyl (C=O) groups is 1. The highest BCUT2D eigenvalue weighted by Gasteiger charge is 2.18. The third-order valence-electron chi connectivity index (χ3n) is 2.49. The molecule has 1 atom stereocenters. The molecule has 0 heterocycles. The van der Waals surface area contributed by atoms with Gasteiger partial charge >= 0.3 is 5.97 Å². The molecule has 0 amide bonds. The van der Waals surface area contributed by atoms with Crippen molar-refractivity contribution in [3.05, 3.63) is 35.9 Å². The minimum absolute atomic E-state index is 0.289. The van der Waals surface area contributed by atoms with E-state index in [1.54, 1.807) is 6.92 Å². The minimum atomic E-state index is -0.833. The van der Waals surface area contributed by atoms with Crippen molar-refractivity contribution < 1.29 is 14.6 Å². The highest BCUT2D eigenvalue weighted by molar-refractivity contribution is 6.01. The summed E-state index contributed by atoms with van der Waals surface area (Å²) in [7, 11) is 0. The lowest BCUT2D eigenvalue weighted by Crippen LogP contribution is -2.26. The van der Waals surface area contributed by atoms with E-state index in [4.69, 9.17) is 4.74 Å². The molecular weight excluding hydrogens is 230 g/mol. The minimum Gasteiger partial charge on any atom is -0.464 e. The second kappa shape index (κ2) is 7.61. The molecule has 1 aromatic rings. The number of aliphatic imine (C=N–C) groups is 1. The van der Waals surface area contributed by atoms with E-state index in [2.05, 4.69) is 4.99 Å². The highest BCUT2D eigenvalue weighted by Crippen LogP contribution is 2.07. The molecule has 4 nitrogen and oxygen atoms in total. The van der Waals surface area contributed by atoms with Crippen LogP contribution in [0.25, 0.3) is 0 Å². The predicted molar refractivity (Wildman–Crippen MR) is 70.8 cm³/mol. The number of aliphatic hydroxyl groups excluding tert-OH is 1. The maximum atomic E-state index is 11.6. The molecule has 0 aliphatic carbocycles. The Morgan fingerprint density at radius 2 is 2.00 bits per heavy atom. The van der Waals surface area contributed by atoms with Crippen molar-refractivity contribution in [2.45, 2.75) is 26.3 Å². The number of ether oxygens (including phenoxy) is 1. The zero-order chi connectivity index (χ0) is 13.4. The van der Waals surface area contributed by atoms with Gasteiger partial charge in [0.15, 0.2) is 6.04 Å². The monoisotopic (exact) mass is 249 g/mol. The number of rotatable bonds is 6. The zero-order valence-corrected chi connectivity index (χ0v) is 10.8. The van der Waals surface area contributed by atoms with Crippen molar-refractivity contribution in [1.29, 1.82) is 0 Å². The summed E-state index contributed by atoms with van der Waals surface area (Å²) in [5.74, 6) is -0.484. The molecule has 0 fully saturated rings. The molecule has 1 N–H and O–H groups in total. The van der Waals surface area contributed by atoms with Crippen molar-refractivity contribution in [2.24, 2.45) is 4.99 Å². The molecule has 0 saturated carbocycles. The van der Waals surface area contributed by atoms with Gasteiger partial charge in [0.25, 0.3) is 0 Å². The molecular formula is C14H19NO3. The maximum absolute atomic E-state index is 11.6. The third kappa shape index (κ3) is 3.96. The van der Waals surface area contributed by atoms with Crippen LogP contribution in [0.2, 0.25) is 0 Å². The first kappa shape index (κ1) is 14.4. The summed E-state index contributed by atoms with van der Waals surface area (Å²) >= 11 is 0. The van der Waals surface area contributed by atoms with Gasteiger partial charge in [-0.25, -0.2) is 4.79 Å². The van der Waals surface area contributed by atoms with Gasteiger partial charge in [0.2, 0.25) is 0 Å².